The summed E-state index contributed by atoms with van der Waals surface area (Å²) >= 11 is 13.6. The van der Waals surface area contributed by atoms with E-state index in [1.54, 1.807) is 7.05 Å². The van der Waals surface area contributed by atoms with Crippen LogP contribution in [-0.4, -0.2) is 27.4 Å². The lowest BCUT2D eigenvalue weighted by molar-refractivity contribution is 0.100. The van der Waals surface area contributed by atoms with Crippen molar-refractivity contribution in [1.82, 2.24) is 15.0 Å². The Morgan fingerprint density at radius 2 is 2.04 bits per heavy atom. The van der Waals surface area contributed by atoms with Crippen molar-refractivity contribution in [2.24, 2.45) is 18.5 Å². The summed E-state index contributed by atoms with van der Waals surface area (Å²) in [5.74, 6) is -3.05. The number of carbonyl (C=O) groups excluding carboxylic acids is 1. The molecule has 0 aliphatic carbocycles. The molecule has 2 heterocycles. The molecule has 0 spiro atoms. The van der Waals surface area contributed by atoms with Gasteiger partial charge in [-0.2, -0.15) is 0 Å². The van der Waals surface area contributed by atoms with Crippen LogP contribution in [0.15, 0.2) is 18.2 Å². The summed E-state index contributed by atoms with van der Waals surface area (Å²) in [6.07, 6.45) is 0.233. The summed E-state index contributed by atoms with van der Waals surface area (Å²) in [7, 11) is 1.63. The molecule has 2 aromatic heterocycles. The summed E-state index contributed by atoms with van der Waals surface area (Å²) < 4.78 is 28.6. The molecule has 0 bridgehead atoms. The van der Waals surface area contributed by atoms with E-state index in [0.29, 0.717) is 22.4 Å². The number of amides is 1. The van der Waals surface area contributed by atoms with E-state index >= 15 is 0 Å². The highest BCUT2D eigenvalue weighted by atomic mass is 35.5. The largest absolute Gasteiger partial charge is 0.365 e. The first-order valence-corrected chi connectivity index (χ1v) is 9.63. The fourth-order valence-corrected chi connectivity index (χ4v) is 4.70. The number of nitrogens with zero attached hydrogens (tertiary/aromatic N) is 3. The van der Waals surface area contributed by atoms with Crippen LogP contribution < -0.4 is 11.5 Å². The number of hydrogen-bond donors (Lipinski definition) is 2. The maximum Gasteiger partial charge on any atom is 0.259 e. The van der Waals surface area contributed by atoms with Crippen molar-refractivity contribution in [2.75, 3.05) is 6.54 Å². The highest BCUT2D eigenvalue weighted by molar-refractivity contribution is 7.18. The number of benzene rings is 1. The summed E-state index contributed by atoms with van der Waals surface area (Å²) in [6, 6.07) is 3.59. The van der Waals surface area contributed by atoms with Gasteiger partial charge in [0.15, 0.2) is 16.8 Å². The van der Waals surface area contributed by atoms with Crippen molar-refractivity contribution in [2.45, 2.75) is 12.3 Å². The van der Waals surface area contributed by atoms with Gasteiger partial charge in [0, 0.05) is 18.5 Å². The number of halogens is 4. The lowest BCUT2D eigenvalue weighted by atomic mass is 9.88. The van der Waals surface area contributed by atoms with Gasteiger partial charge >= 0.3 is 0 Å². The van der Waals surface area contributed by atoms with Crippen LogP contribution in [0.3, 0.4) is 0 Å². The van der Waals surface area contributed by atoms with Crippen molar-refractivity contribution in [3.8, 4) is 11.3 Å². The molecule has 1 amide bonds. The Balaban J connectivity index is 2.17. The average molecular weight is 446 g/mol. The summed E-state index contributed by atoms with van der Waals surface area (Å²) in [5.41, 5.74) is 13.4. The number of aryl methyl sites for hydroxylation is 1. The Morgan fingerprint density at radius 1 is 1.32 bits per heavy atom. The zero-order valence-electron chi connectivity index (χ0n) is 14.5. The number of thiophene rings is 1. The molecule has 0 unspecified atom stereocenters. The van der Waals surface area contributed by atoms with E-state index < -0.39 is 23.5 Å². The number of carbonyl (C=O) groups is 1. The predicted molar refractivity (Wildman–Crippen MR) is 105 cm³/mol. The monoisotopic (exact) mass is 445 g/mol. The molecular formula is C17H15Cl2F2N5OS. The standard InChI is InChI=1S/C17H15Cl2F2N5OS/c1-26-13(15(18)24-25-26)12-11(14(17(23)27)28-16(12)19)8(6-22)4-7-2-3-9(20)10(21)5-7/h2-3,5,8H,4,6,22H2,1H3,(H2,23,27)/t8-/m1/s1. The highest BCUT2D eigenvalue weighted by Gasteiger charge is 2.30. The maximum atomic E-state index is 13.6. The van der Waals surface area contributed by atoms with Gasteiger partial charge in [-0.15, -0.1) is 16.4 Å². The molecular weight excluding hydrogens is 431 g/mol. The molecule has 0 aliphatic rings. The fourth-order valence-electron chi connectivity index (χ4n) is 3.06. The van der Waals surface area contributed by atoms with Gasteiger partial charge in [-0.1, -0.05) is 34.5 Å². The van der Waals surface area contributed by atoms with E-state index in [9.17, 15) is 13.6 Å². The van der Waals surface area contributed by atoms with E-state index in [1.165, 1.54) is 10.7 Å². The molecule has 3 rings (SSSR count). The highest BCUT2D eigenvalue weighted by Crippen LogP contribution is 2.45. The molecule has 0 fully saturated rings. The second-order valence-electron chi connectivity index (χ2n) is 6.10. The Morgan fingerprint density at radius 3 is 2.57 bits per heavy atom. The van der Waals surface area contributed by atoms with Gasteiger partial charge in [-0.25, -0.2) is 13.5 Å². The second-order valence-corrected chi connectivity index (χ2v) is 8.08. The van der Waals surface area contributed by atoms with Crippen molar-refractivity contribution < 1.29 is 13.6 Å². The summed E-state index contributed by atoms with van der Waals surface area (Å²) in [4.78, 5) is 12.3. The van der Waals surface area contributed by atoms with Crippen LogP contribution in [0.4, 0.5) is 8.78 Å². The van der Waals surface area contributed by atoms with Gasteiger partial charge in [0.05, 0.1) is 4.88 Å². The van der Waals surface area contributed by atoms with Gasteiger partial charge in [0.2, 0.25) is 0 Å². The average Bonchev–Trinajstić information content (AvgIpc) is 3.15. The Hall–Kier alpha value is -2.07. The van der Waals surface area contributed by atoms with Crippen molar-refractivity contribution in [1.29, 1.82) is 0 Å². The molecule has 28 heavy (non-hydrogen) atoms. The normalized spacial score (nSPS) is 12.4. The number of primary amides is 1. The topological polar surface area (TPSA) is 99.8 Å². The van der Waals surface area contributed by atoms with Crippen LogP contribution in [-0.2, 0) is 13.5 Å². The van der Waals surface area contributed by atoms with E-state index in [0.717, 1.165) is 23.5 Å². The van der Waals surface area contributed by atoms with Crippen LogP contribution in [0.5, 0.6) is 0 Å². The minimum absolute atomic E-state index is 0.0994. The SMILES string of the molecule is Cn1nnc(Cl)c1-c1c(Cl)sc(C(N)=O)c1[C@@H](CN)Cc1ccc(F)c(F)c1. The molecule has 11 heteroatoms. The first-order chi connectivity index (χ1) is 13.2. The lowest BCUT2D eigenvalue weighted by Gasteiger charge is -2.18. The zero-order valence-corrected chi connectivity index (χ0v) is 16.9. The van der Waals surface area contributed by atoms with Crippen molar-refractivity contribution in [3.05, 3.63) is 55.3 Å². The third kappa shape index (κ3) is 3.75. The Labute approximate surface area is 173 Å². The predicted octanol–water partition coefficient (Wildman–Crippen LogP) is 3.51. The molecule has 148 valence electrons. The molecule has 0 aliphatic heterocycles. The number of nitrogens with two attached hydrogens (primary N) is 2. The Bertz CT molecular complexity index is 1030. The summed E-state index contributed by atoms with van der Waals surface area (Å²) in [5, 5.41) is 7.77. The number of rotatable bonds is 6. The van der Waals surface area contributed by atoms with E-state index in [2.05, 4.69) is 10.3 Å². The Kier molecular flexibility index (Phi) is 5.99. The zero-order chi connectivity index (χ0) is 20.6. The molecule has 1 atom stereocenters. The quantitative estimate of drug-likeness (QED) is 0.605. The minimum Gasteiger partial charge on any atom is -0.365 e. The molecule has 1 aromatic carbocycles. The smallest absolute Gasteiger partial charge is 0.259 e. The second kappa shape index (κ2) is 8.12. The van der Waals surface area contributed by atoms with Crippen molar-refractivity contribution in [3.63, 3.8) is 0 Å². The van der Waals surface area contributed by atoms with Gasteiger partial charge in [-0.3, -0.25) is 4.79 Å². The van der Waals surface area contributed by atoms with Gasteiger partial charge in [0.25, 0.3) is 5.91 Å². The van der Waals surface area contributed by atoms with Crippen LogP contribution in [0.25, 0.3) is 11.3 Å². The molecule has 4 N–H and O–H groups in total. The molecule has 0 radical (unpaired) electrons. The lowest BCUT2D eigenvalue weighted by Crippen LogP contribution is -2.20. The molecule has 6 nitrogen and oxygen atoms in total. The fraction of sp³-hybridized carbons (Fsp3) is 0.235. The first kappa shape index (κ1) is 20.7. The summed E-state index contributed by atoms with van der Waals surface area (Å²) in [6.45, 7) is 0.0994. The number of aromatic nitrogens is 3. The van der Waals surface area contributed by atoms with Crippen LogP contribution in [0.1, 0.15) is 26.7 Å². The number of hydrogen-bond acceptors (Lipinski definition) is 5. The van der Waals surface area contributed by atoms with Crippen LogP contribution in [0.2, 0.25) is 9.49 Å². The first-order valence-electron chi connectivity index (χ1n) is 8.06. The van der Waals surface area contributed by atoms with Crippen molar-refractivity contribution >= 4 is 40.4 Å². The minimum atomic E-state index is -0.967. The third-order valence-corrected chi connectivity index (χ3v) is 5.99. The molecule has 0 saturated carbocycles. The molecule has 0 saturated heterocycles. The van der Waals surface area contributed by atoms with Gasteiger partial charge in [-0.05, 0) is 36.2 Å². The van der Waals surface area contributed by atoms with Crippen LogP contribution >= 0.6 is 34.5 Å². The maximum absolute atomic E-state index is 13.6. The third-order valence-electron chi connectivity index (χ3n) is 4.31. The molecule has 3 aromatic rings. The van der Waals surface area contributed by atoms with Gasteiger partial charge < -0.3 is 11.5 Å². The van der Waals surface area contributed by atoms with E-state index in [4.69, 9.17) is 34.7 Å². The van der Waals surface area contributed by atoms with E-state index in [-0.39, 0.29) is 27.3 Å². The van der Waals surface area contributed by atoms with E-state index in [1.807, 2.05) is 0 Å². The van der Waals surface area contributed by atoms with Crippen LogP contribution in [0, 0.1) is 11.6 Å². The van der Waals surface area contributed by atoms with Gasteiger partial charge in [0.1, 0.15) is 10.0 Å².